The summed E-state index contributed by atoms with van der Waals surface area (Å²) in [6.07, 6.45) is 6.72. The summed E-state index contributed by atoms with van der Waals surface area (Å²) < 4.78 is 51.7. The van der Waals surface area contributed by atoms with Gasteiger partial charge in [0.1, 0.15) is 22.9 Å². The number of benzene rings is 3. The highest BCUT2D eigenvalue weighted by atomic mass is 19.2. The Bertz CT molecular complexity index is 1300. The predicted molar refractivity (Wildman–Crippen MR) is 156 cm³/mol. The van der Waals surface area contributed by atoms with E-state index in [1.807, 2.05) is 39.3 Å². The number of nitrogens with zero attached hydrogens (tertiary/aromatic N) is 1. The molecule has 0 saturated heterocycles. The van der Waals surface area contributed by atoms with Crippen LogP contribution >= 0.6 is 0 Å². The first-order chi connectivity index (χ1) is 20.0. The van der Waals surface area contributed by atoms with Gasteiger partial charge in [0, 0.05) is 19.0 Å². The van der Waals surface area contributed by atoms with Crippen molar-refractivity contribution in [3.8, 4) is 11.5 Å². The Morgan fingerprint density at radius 2 is 1.43 bits per heavy atom. The van der Waals surface area contributed by atoms with Crippen LogP contribution < -0.4 is 14.8 Å². The number of nitrogens with one attached hydrogen (secondary N) is 1. The van der Waals surface area contributed by atoms with E-state index in [0.29, 0.717) is 41.9 Å². The molecule has 1 amide bonds. The van der Waals surface area contributed by atoms with Gasteiger partial charge in [-0.15, -0.1) is 0 Å². The lowest BCUT2D eigenvalue weighted by Crippen LogP contribution is -2.55. The number of hydrogen-bond donors (Lipinski definition) is 1. The van der Waals surface area contributed by atoms with E-state index in [0.717, 1.165) is 44.1 Å². The molecule has 3 rings (SSSR count). The third kappa shape index (κ3) is 10.5. The molecule has 0 aliphatic carbocycles. The SMILES string of the molecule is C[N+](C)(C)C(Cc1ccccc1)C(=O)NCCCCCCCCOc1ccc(OC(=O)c2cc(F)cc(F)c2F)cc1. The third-order valence-corrected chi connectivity index (χ3v) is 6.90. The number of halogens is 3. The normalized spacial score (nSPS) is 12.0. The van der Waals surface area contributed by atoms with Gasteiger partial charge in [0.05, 0.1) is 27.7 Å². The van der Waals surface area contributed by atoms with Crippen molar-refractivity contribution in [1.82, 2.24) is 5.32 Å². The van der Waals surface area contributed by atoms with Gasteiger partial charge in [-0.05, 0) is 48.7 Å². The molecule has 0 fully saturated rings. The smallest absolute Gasteiger partial charge is 0.346 e. The fourth-order valence-electron chi connectivity index (χ4n) is 4.48. The Labute approximate surface area is 246 Å². The molecule has 0 spiro atoms. The summed E-state index contributed by atoms with van der Waals surface area (Å²) in [6, 6.07) is 17.0. The first-order valence-electron chi connectivity index (χ1n) is 14.3. The maximum Gasteiger partial charge on any atom is 0.346 e. The van der Waals surface area contributed by atoms with Crippen LogP contribution in [0.25, 0.3) is 0 Å². The second-order valence-corrected chi connectivity index (χ2v) is 11.2. The van der Waals surface area contributed by atoms with Crippen molar-refractivity contribution in [2.24, 2.45) is 0 Å². The molecule has 0 aliphatic heterocycles. The van der Waals surface area contributed by atoms with Crippen LogP contribution in [0.2, 0.25) is 0 Å². The van der Waals surface area contributed by atoms with Gasteiger partial charge in [-0.2, -0.15) is 0 Å². The standard InChI is InChI=1S/C33H39F3N2O4/c1-38(2,3)30(21-24-13-9-8-10-14-24)32(39)37-19-11-6-4-5-7-12-20-41-26-15-17-27(18-16-26)42-33(40)28-22-25(34)23-29(35)31(28)36/h8-10,13-18,22-23,30H,4-7,11-12,19-21H2,1-3H3/p+1. The highest BCUT2D eigenvalue weighted by Gasteiger charge is 2.31. The van der Waals surface area contributed by atoms with Crippen LogP contribution in [0.1, 0.15) is 54.4 Å². The molecule has 3 aromatic carbocycles. The van der Waals surface area contributed by atoms with Crippen molar-refractivity contribution >= 4 is 11.9 Å². The van der Waals surface area contributed by atoms with Crippen LogP contribution in [0.5, 0.6) is 11.5 Å². The van der Waals surface area contributed by atoms with Crippen molar-refractivity contribution in [2.75, 3.05) is 34.3 Å². The van der Waals surface area contributed by atoms with E-state index >= 15 is 0 Å². The van der Waals surface area contributed by atoms with Gasteiger partial charge >= 0.3 is 5.97 Å². The number of hydrogen-bond acceptors (Lipinski definition) is 4. The van der Waals surface area contributed by atoms with Gasteiger partial charge in [0.2, 0.25) is 0 Å². The fourth-order valence-corrected chi connectivity index (χ4v) is 4.48. The van der Waals surface area contributed by atoms with Gasteiger partial charge in [-0.25, -0.2) is 18.0 Å². The lowest BCUT2D eigenvalue weighted by Gasteiger charge is -2.33. The molecule has 226 valence electrons. The van der Waals surface area contributed by atoms with Crippen molar-refractivity contribution in [2.45, 2.75) is 51.0 Å². The Balaban J connectivity index is 1.26. The summed E-state index contributed by atoms with van der Waals surface area (Å²) in [7, 11) is 6.15. The van der Waals surface area contributed by atoms with E-state index in [1.165, 1.54) is 12.1 Å². The van der Waals surface area contributed by atoms with E-state index in [4.69, 9.17) is 9.47 Å². The van der Waals surface area contributed by atoms with Crippen molar-refractivity contribution in [1.29, 1.82) is 0 Å². The number of carbonyl (C=O) groups is 2. The Morgan fingerprint density at radius 3 is 2.10 bits per heavy atom. The zero-order valence-corrected chi connectivity index (χ0v) is 24.5. The van der Waals surface area contributed by atoms with Crippen molar-refractivity contribution < 1.29 is 36.7 Å². The van der Waals surface area contributed by atoms with Crippen LogP contribution in [-0.4, -0.2) is 56.7 Å². The number of quaternary nitrogens is 1. The summed E-state index contributed by atoms with van der Waals surface area (Å²) in [6.45, 7) is 1.20. The van der Waals surface area contributed by atoms with E-state index in [1.54, 1.807) is 12.1 Å². The number of carbonyl (C=O) groups excluding carboxylic acids is 2. The van der Waals surface area contributed by atoms with Crippen molar-refractivity contribution in [3.63, 3.8) is 0 Å². The molecule has 0 radical (unpaired) electrons. The second kappa shape index (κ2) is 16.0. The summed E-state index contributed by atoms with van der Waals surface area (Å²) >= 11 is 0. The average molecular weight is 586 g/mol. The first kappa shape index (κ1) is 32.7. The van der Waals surface area contributed by atoms with E-state index in [-0.39, 0.29) is 17.7 Å². The molecule has 0 saturated carbocycles. The summed E-state index contributed by atoms with van der Waals surface area (Å²) in [5.41, 5.74) is 0.344. The molecule has 42 heavy (non-hydrogen) atoms. The highest BCUT2D eigenvalue weighted by molar-refractivity contribution is 5.91. The van der Waals surface area contributed by atoms with E-state index in [9.17, 15) is 22.8 Å². The molecular formula is C33H40F3N2O4+. The minimum Gasteiger partial charge on any atom is -0.494 e. The summed E-state index contributed by atoms with van der Waals surface area (Å²) in [4.78, 5) is 25.0. The number of amides is 1. The van der Waals surface area contributed by atoms with Gasteiger partial charge < -0.3 is 19.3 Å². The molecule has 0 aromatic heterocycles. The van der Waals surface area contributed by atoms with Gasteiger partial charge in [-0.1, -0.05) is 56.0 Å². The zero-order valence-electron chi connectivity index (χ0n) is 24.5. The predicted octanol–water partition coefficient (Wildman–Crippen LogP) is 6.48. The van der Waals surface area contributed by atoms with Gasteiger partial charge in [0.25, 0.3) is 5.91 Å². The van der Waals surface area contributed by atoms with Crippen LogP contribution in [0.3, 0.4) is 0 Å². The minimum atomic E-state index is -1.46. The Kier molecular flexibility index (Phi) is 12.4. The number of likely N-dealkylation sites (N-methyl/N-ethyl adjacent to an activating group) is 1. The molecule has 1 unspecified atom stereocenters. The monoisotopic (exact) mass is 585 g/mol. The molecule has 1 N–H and O–H groups in total. The van der Waals surface area contributed by atoms with Crippen molar-refractivity contribution in [3.05, 3.63) is 95.3 Å². The molecule has 1 atom stereocenters. The number of rotatable bonds is 16. The molecular weight excluding hydrogens is 545 g/mol. The highest BCUT2D eigenvalue weighted by Crippen LogP contribution is 2.21. The number of unbranched alkanes of at least 4 members (excludes halogenated alkanes) is 5. The topological polar surface area (TPSA) is 64.6 Å². The first-order valence-corrected chi connectivity index (χ1v) is 14.3. The van der Waals surface area contributed by atoms with Crippen LogP contribution in [0, 0.1) is 17.5 Å². The summed E-state index contributed by atoms with van der Waals surface area (Å²) in [5.74, 6) is -4.43. The number of esters is 1. The minimum absolute atomic E-state index is 0.0885. The largest absolute Gasteiger partial charge is 0.494 e. The maximum absolute atomic E-state index is 13.8. The average Bonchev–Trinajstić information content (AvgIpc) is 2.95. The fraction of sp³-hybridized carbons (Fsp3) is 0.394. The zero-order chi connectivity index (χ0) is 30.5. The lowest BCUT2D eigenvalue weighted by molar-refractivity contribution is -0.886. The molecule has 6 nitrogen and oxygen atoms in total. The molecule has 0 bridgehead atoms. The summed E-state index contributed by atoms with van der Waals surface area (Å²) in [5, 5.41) is 3.12. The molecule has 0 aliphatic rings. The van der Waals surface area contributed by atoms with Crippen LogP contribution in [0.15, 0.2) is 66.7 Å². The lowest BCUT2D eigenvalue weighted by atomic mass is 10.0. The van der Waals surface area contributed by atoms with Gasteiger partial charge in [-0.3, -0.25) is 4.79 Å². The molecule has 0 heterocycles. The van der Waals surface area contributed by atoms with Crippen LogP contribution in [0.4, 0.5) is 13.2 Å². The molecule has 9 heteroatoms. The quantitative estimate of drug-likeness (QED) is 0.0688. The Morgan fingerprint density at radius 1 is 0.810 bits per heavy atom. The third-order valence-electron chi connectivity index (χ3n) is 6.90. The number of ether oxygens (including phenoxy) is 2. The Hall–Kier alpha value is -3.85. The van der Waals surface area contributed by atoms with Crippen LogP contribution in [-0.2, 0) is 11.2 Å². The van der Waals surface area contributed by atoms with Gasteiger partial charge in [0.15, 0.2) is 17.7 Å². The van der Waals surface area contributed by atoms with E-state index in [2.05, 4.69) is 17.4 Å². The second-order valence-electron chi connectivity index (χ2n) is 11.2. The maximum atomic E-state index is 13.8. The van der Waals surface area contributed by atoms with E-state index < -0.39 is 29.0 Å². The molecule has 3 aromatic rings.